The summed E-state index contributed by atoms with van der Waals surface area (Å²) in [7, 11) is 0. The van der Waals surface area contributed by atoms with E-state index in [1.807, 2.05) is 54.6 Å². The van der Waals surface area contributed by atoms with Crippen LogP contribution >= 0.6 is 0 Å². The lowest BCUT2D eigenvalue weighted by Gasteiger charge is -2.24. The Balaban J connectivity index is 1.81. The Morgan fingerprint density at radius 3 is 2.31 bits per heavy atom. The smallest absolute Gasteiger partial charge is 0.245 e. The Kier molecular flexibility index (Phi) is 6.74. The molecule has 2 aromatic carbocycles. The molecule has 0 aliphatic rings. The van der Waals surface area contributed by atoms with Crippen molar-refractivity contribution in [2.24, 2.45) is 5.73 Å². The van der Waals surface area contributed by atoms with E-state index in [2.05, 4.69) is 5.32 Å². The quantitative estimate of drug-likeness (QED) is 0.634. The fourth-order valence-corrected chi connectivity index (χ4v) is 2.30. The zero-order valence-electron chi connectivity index (χ0n) is 14.8. The SMILES string of the molecule is CC(CO)(NC(=O)CCc1ccc(OCc2ccccc2)cc1)C(N)=O. The van der Waals surface area contributed by atoms with Crippen LogP contribution in [0.4, 0.5) is 0 Å². The topological polar surface area (TPSA) is 102 Å². The molecule has 2 amide bonds. The van der Waals surface area contributed by atoms with Gasteiger partial charge in [-0.2, -0.15) is 0 Å². The second-order valence-electron chi connectivity index (χ2n) is 6.32. The molecule has 0 aliphatic carbocycles. The molecular weight excluding hydrogens is 332 g/mol. The van der Waals surface area contributed by atoms with Crippen molar-refractivity contribution in [1.29, 1.82) is 0 Å². The van der Waals surface area contributed by atoms with Crippen LogP contribution in [0.15, 0.2) is 54.6 Å². The molecule has 6 heteroatoms. The second-order valence-corrected chi connectivity index (χ2v) is 6.32. The normalized spacial score (nSPS) is 12.8. The summed E-state index contributed by atoms with van der Waals surface area (Å²) in [5.41, 5.74) is 5.82. The number of primary amides is 1. The Labute approximate surface area is 153 Å². The van der Waals surface area contributed by atoms with Crippen LogP contribution < -0.4 is 15.8 Å². The van der Waals surface area contributed by atoms with E-state index in [9.17, 15) is 14.7 Å². The average molecular weight is 356 g/mol. The van der Waals surface area contributed by atoms with Gasteiger partial charge in [-0.3, -0.25) is 9.59 Å². The first-order chi connectivity index (χ1) is 12.4. The first-order valence-corrected chi connectivity index (χ1v) is 8.40. The van der Waals surface area contributed by atoms with Gasteiger partial charge >= 0.3 is 0 Å². The first-order valence-electron chi connectivity index (χ1n) is 8.40. The van der Waals surface area contributed by atoms with Gasteiger partial charge in [-0.25, -0.2) is 0 Å². The molecule has 4 N–H and O–H groups in total. The fourth-order valence-electron chi connectivity index (χ4n) is 2.30. The van der Waals surface area contributed by atoms with Gasteiger partial charge in [-0.05, 0) is 36.6 Å². The van der Waals surface area contributed by atoms with Gasteiger partial charge < -0.3 is 20.9 Å². The Bertz CT molecular complexity index is 731. The summed E-state index contributed by atoms with van der Waals surface area (Å²) < 4.78 is 5.72. The largest absolute Gasteiger partial charge is 0.489 e. The molecule has 6 nitrogen and oxygen atoms in total. The molecule has 0 fully saturated rings. The number of hydrogen-bond acceptors (Lipinski definition) is 4. The molecule has 0 spiro atoms. The third kappa shape index (κ3) is 5.60. The third-order valence-corrected chi connectivity index (χ3v) is 4.09. The standard InChI is InChI=1S/C20H24N2O4/c1-20(14-23,19(21)25)22-18(24)12-9-15-7-10-17(11-8-15)26-13-16-5-3-2-4-6-16/h2-8,10-11,23H,9,12-14H2,1H3,(H2,21,25)(H,22,24). The first kappa shape index (κ1) is 19.5. The Hall–Kier alpha value is -2.86. The van der Waals surface area contributed by atoms with Crippen molar-refractivity contribution < 1.29 is 19.4 Å². The van der Waals surface area contributed by atoms with E-state index in [0.717, 1.165) is 16.9 Å². The maximum Gasteiger partial charge on any atom is 0.245 e. The molecule has 26 heavy (non-hydrogen) atoms. The summed E-state index contributed by atoms with van der Waals surface area (Å²) in [6, 6.07) is 17.4. The number of benzene rings is 2. The number of ether oxygens (including phenoxy) is 1. The van der Waals surface area contributed by atoms with Gasteiger partial charge in [0.1, 0.15) is 17.9 Å². The summed E-state index contributed by atoms with van der Waals surface area (Å²) in [5.74, 6) is -0.360. The highest BCUT2D eigenvalue weighted by Crippen LogP contribution is 2.15. The van der Waals surface area contributed by atoms with Crippen LogP contribution in [0.25, 0.3) is 0 Å². The van der Waals surface area contributed by atoms with Crippen molar-refractivity contribution in [2.45, 2.75) is 31.9 Å². The summed E-state index contributed by atoms with van der Waals surface area (Å²) in [6.07, 6.45) is 0.693. The molecule has 0 aliphatic heterocycles. The summed E-state index contributed by atoms with van der Waals surface area (Å²) in [4.78, 5) is 23.3. The molecule has 0 heterocycles. The minimum atomic E-state index is -1.44. The minimum Gasteiger partial charge on any atom is -0.489 e. The summed E-state index contributed by atoms with van der Waals surface area (Å²) >= 11 is 0. The van der Waals surface area contributed by atoms with Gasteiger partial charge in [-0.15, -0.1) is 0 Å². The molecule has 138 valence electrons. The number of carbonyl (C=O) groups is 2. The highest BCUT2D eigenvalue weighted by molar-refractivity contribution is 5.90. The Morgan fingerprint density at radius 1 is 1.08 bits per heavy atom. The van der Waals surface area contributed by atoms with E-state index in [0.29, 0.717) is 13.0 Å². The number of nitrogens with one attached hydrogen (secondary N) is 1. The van der Waals surface area contributed by atoms with Gasteiger partial charge in [0, 0.05) is 6.42 Å². The number of carbonyl (C=O) groups excluding carboxylic acids is 2. The number of hydrogen-bond donors (Lipinski definition) is 3. The van der Waals surface area contributed by atoms with E-state index in [-0.39, 0.29) is 12.3 Å². The van der Waals surface area contributed by atoms with Crippen molar-refractivity contribution in [3.05, 3.63) is 65.7 Å². The molecule has 0 radical (unpaired) electrons. The number of aryl methyl sites for hydroxylation is 1. The zero-order valence-corrected chi connectivity index (χ0v) is 14.8. The van der Waals surface area contributed by atoms with Gasteiger partial charge in [0.2, 0.25) is 11.8 Å². The predicted molar refractivity (Wildman–Crippen MR) is 98.4 cm³/mol. The van der Waals surface area contributed by atoms with Crippen LogP contribution in [0.2, 0.25) is 0 Å². The highest BCUT2D eigenvalue weighted by Gasteiger charge is 2.31. The van der Waals surface area contributed by atoms with Crippen molar-refractivity contribution in [2.75, 3.05) is 6.61 Å². The number of nitrogens with two attached hydrogens (primary N) is 1. The lowest BCUT2D eigenvalue weighted by molar-refractivity contribution is -0.132. The van der Waals surface area contributed by atoms with E-state index in [4.69, 9.17) is 10.5 Å². The maximum absolute atomic E-state index is 12.0. The molecule has 0 saturated carbocycles. The summed E-state index contributed by atoms with van der Waals surface area (Å²) in [6.45, 7) is 1.35. The molecule has 2 aromatic rings. The van der Waals surface area contributed by atoms with Crippen LogP contribution in [-0.2, 0) is 22.6 Å². The van der Waals surface area contributed by atoms with Crippen molar-refractivity contribution in [3.8, 4) is 5.75 Å². The van der Waals surface area contributed by atoms with Crippen LogP contribution in [0, 0.1) is 0 Å². The van der Waals surface area contributed by atoms with Gasteiger partial charge in [0.15, 0.2) is 0 Å². The Morgan fingerprint density at radius 2 is 1.73 bits per heavy atom. The van der Waals surface area contributed by atoms with Gasteiger partial charge in [0.05, 0.1) is 6.61 Å². The number of aliphatic hydroxyl groups excluding tert-OH is 1. The van der Waals surface area contributed by atoms with Crippen LogP contribution in [0.1, 0.15) is 24.5 Å². The average Bonchev–Trinajstić information content (AvgIpc) is 2.66. The lowest BCUT2D eigenvalue weighted by Crippen LogP contribution is -2.57. The van der Waals surface area contributed by atoms with Crippen molar-refractivity contribution >= 4 is 11.8 Å². The van der Waals surface area contributed by atoms with Crippen LogP contribution in [0.5, 0.6) is 5.75 Å². The minimum absolute atomic E-state index is 0.188. The maximum atomic E-state index is 12.0. The lowest BCUT2D eigenvalue weighted by atomic mass is 10.0. The molecule has 1 unspecified atom stereocenters. The second kappa shape index (κ2) is 9.01. The molecule has 1 atom stereocenters. The monoisotopic (exact) mass is 356 g/mol. The fraction of sp³-hybridized carbons (Fsp3) is 0.300. The van der Waals surface area contributed by atoms with Crippen molar-refractivity contribution in [1.82, 2.24) is 5.32 Å². The number of amides is 2. The number of aliphatic hydroxyl groups is 1. The molecule has 0 aromatic heterocycles. The zero-order chi connectivity index (χ0) is 19.0. The van der Waals surface area contributed by atoms with Gasteiger partial charge in [-0.1, -0.05) is 42.5 Å². The van der Waals surface area contributed by atoms with E-state index < -0.39 is 18.1 Å². The molecular formula is C20H24N2O4. The summed E-state index contributed by atoms with van der Waals surface area (Å²) in [5, 5.41) is 11.7. The molecule has 2 rings (SSSR count). The predicted octanol–water partition coefficient (Wildman–Crippen LogP) is 1.55. The van der Waals surface area contributed by atoms with E-state index in [1.54, 1.807) is 0 Å². The van der Waals surface area contributed by atoms with Gasteiger partial charge in [0.25, 0.3) is 0 Å². The number of rotatable bonds is 9. The van der Waals surface area contributed by atoms with E-state index >= 15 is 0 Å². The molecule has 0 saturated heterocycles. The van der Waals surface area contributed by atoms with E-state index in [1.165, 1.54) is 6.92 Å². The van der Waals surface area contributed by atoms with Crippen LogP contribution in [-0.4, -0.2) is 29.1 Å². The third-order valence-electron chi connectivity index (χ3n) is 4.09. The van der Waals surface area contributed by atoms with Crippen molar-refractivity contribution in [3.63, 3.8) is 0 Å². The highest BCUT2D eigenvalue weighted by atomic mass is 16.5. The molecule has 0 bridgehead atoms. The van der Waals surface area contributed by atoms with Crippen LogP contribution in [0.3, 0.4) is 0 Å².